The van der Waals surface area contributed by atoms with Crippen LogP contribution in [-0.4, -0.2) is 15.3 Å². The molecule has 1 aromatic heterocycles. The molecule has 0 saturated carbocycles. The molecule has 3 aromatic rings. The Balaban J connectivity index is 2.29. The highest BCUT2D eigenvalue weighted by Gasteiger charge is 2.12. The van der Waals surface area contributed by atoms with Crippen LogP contribution < -0.4 is 5.56 Å². The van der Waals surface area contributed by atoms with E-state index in [2.05, 4.69) is 4.98 Å². The molecule has 0 aliphatic carbocycles. The van der Waals surface area contributed by atoms with Gasteiger partial charge in [0.05, 0.1) is 16.6 Å². The molecular weight excluding hydrogens is 307 g/mol. The predicted molar refractivity (Wildman–Crippen MR) is 82.3 cm³/mol. The Kier molecular flexibility index (Phi) is 3.50. The molecule has 0 atom stereocenters. The number of Topliss-reactive ketones (excluding diaryl/α,β-unsaturated/α-hetero) is 1. The number of ketones is 1. The highest BCUT2D eigenvalue weighted by atomic mass is 35.5. The largest absolute Gasteiger partial charge is 0.295 e. The average molecular weight is 317 g/mol. The van der Waals surface area contributed by atoms with Crippen molar-refractivity contribution in [3.05, 3.63) is 69.5 Å². The minimum atomic E-state index is -0.409. The van der Waals surface area contributed by atoms with Crippen LogP contribution in [0.3, 0.4) is 0 Å². The van der Waals surface area contributed by atoms with Crippen molar-refractivity contribution in [2.75, 3.05) is 0 Å². The first kappa shape index (κ1) is 14.4. The minimum absolute atomic E-state index is 0.0511. The van der Waals surface area contributed by atoms with Gasteiger partial charge in [-0.3, -0.25) is 14.2 Å². The Morgan fingerprint density at radius 1 is 1.18 bits per heavy atom. The molecule has 0 saturated heterocycles. The number of nitrogens with zero attached hydrogens (tertiary/aromatic N) is 2. The van der Waals surface area contributed by atoms with E-state index in [9.17, 15) is 14.0 Å². The summed E-state index contributed by atoms with van der Waals surface area (Å²) in [4.78, 5) is 28.1. The maximum absolute atomic E-state index is 13.0. The highest BCUT2D eigenvalue weighted by molar-refractivity contribution is 6.29. The standard InChI is InChI=1S/C16H10ClFN2O2/c1-9(21)10-2-7-13-14(8-10)19-16(17)20(15(13)22)12-5-3-11(18)4-6-12/h2-8H,1H3. The molecule has 0 aliphatic rings. The molecule has 0 fully saturated rings. The number of carbonyl (C=O) groups is 1. The molecule has 0 spiro atoms. The monoisotopic (exact) mass is 316 g/mol. The molecule has 0 unspecified atom stereocenters. The number of fused-ring (bicyclic) bond motifs is 1. The number of hydrogen-bond donors (Lipinski definition) is 0. The Bertz CT molecular complexity index is 949. The fourth-order valence-electron chi connectivity index (χ4n) is 2.19. The first-order chi connectivity index (χ1) is 10.5. The van der Waals surface area contributed by atoms with Crippen LogP contribution in [0.1, 0.15) is 17.3 Å². The normalized spacial score (nSPS) is 10.9. The van der Waals surface area contributed by atoms with Crippen molar-refractivity contribution in [1.82, 2.24) is 9.55 Å². The van der Waals surface area contributed by atoms with Crippen LogP contribution in [0.2, 0.25) is 5.28 Å². The summed E-state index contributed by atoms with van der Waals surface area (Å²) in [6.07, 6.45) is 0. The number of benzene rings is 2. The van der Waals surface area contributed by atoms with Gasteiger partial charge in [-0.1, -0.05) is 6.07 Å². The molecule has 6 heteroatoms. The van der Waals surface area contributed by atoms with Gasteiger partial charge in [0.2, 0.25) is 5.28 Å². The SMILES string of the molecule is CC(=O)c1ccc2c(=O)n(-c3ccc(F)cc3)c(Cl)nc2c1. The number of halogens is 2. The Morgan fingerprint density at radius 2 is 1.86 bits per heavy atom. The second-order valence-electron chi connectivity index (χ2n) is 4.79. The minimum Gasteiger partial charge on any atom is -0.295 e. The van der Waals surface area contributed by atoms with Gasteiger partial charge in [-0.15, -0.1) is 0 Å². The summed E-state index contributed by atoms with van der Waals surface area (Å²) in [5.74, 6) is -0.532. The first-order valence-electron chi connectivity index (χ1n) is 6.46. The zero-order chi connectivity index (χ0) is 15.9. The van der Waals surface area contributed by atoms with Gasteiger partial charge < -0.3 is 0 Å². The third kappa shape index (κ3) is 2.40. The maximum Gasteiger partial charge on any atom is 0.266 e. The van der Waals surface area contributed by atoms with Gasteiger partial charge in [0.15, 0.2) is 5.78 Å². The van der Waals surface area contributed by atoms with Gasteiger partial charge in [0, 0.05) is 5.56 Å². The Labute approximate surface area is 129 Å². The molecule has 4 nitrogen and oxygen atoms in total. The van der Waals surface area contributed by atoms with Crippen molar-refractivity contribution >= 4 is 28.3 Å². The van der Waals surface area contributed by atoms with Gasteiger partial charge in [0.25, 0.3) is 5.56 Å². The van der Waals surface area contributed by atoms with Crippen molar-refractivity contribution in [2.24, 2.45) is 0 Å². The summed E-state index contributed by atoms with van der Waals surface area (Å²) in [5, 5.41) is 0.281. The molecular formula is C16H10ClFN2O2. The van der Waals surface area contributed by atoms with Crippen LogP contribution in [0.15, 0.2) is 47.3 Å². The number of aromatic nitrogens is 2. The molecule has 0 bridgehead atoms. The lowest BCUT2D eigenvalue weighted by Gasteiger charge is -2.09. The van der Waals surface area contributed by atoms with E-state index in [-0.39, 0.29) is 16.6 Å². The summed E-state index contributed by atoms with van der Waals surface area (Å²) >= 11 is 6.09. The topological polar surface area (TPSA) is 52.0 Å². The zero-order valence-electron chi connectivity index (χ0n) is 11.5. The van der Waals surface area contributed by atoms with Crippen LogP contribution in [-0.2, 0) is 0 Å². The fraction of sp³-hybridized carbons (Fsp3) is 0.0625. The van der Waals surface area contributed by atoms with Crippen molar-refractivity contribution in [1.29, 1.82) is 0 Å². The number of hydrogen-bond acceptors (Lipinski definition) is 3. The third-order valence-corrected chi connectivity index (χ3v) is 3.57. The van der Waals surface area contributed by atoms with Crippen LogP contribution >= 0.6 is 11.6 Å². The van der Waals surface area contributed by atoms with Crippen LogP contribution in [0.4, 0.5) is 4.39 Å². The molecule has 22 heavy (non-hydrogen) atoms. The summed E-state index contributed by atoms with van der Waals surface area (Å²) in [6, 6.07) is 10.00. The Hall–Kier alpha value is -2.53. The second kappa shape index (κ2) is 5.35. The van der Waals surface area contributed by atoms with E-state index in [1.165, 1.54) is 47.9 Å². The molecule has 0 aliphatic heterocycles. The van der Waals surface area contributed by atoms with Crippen molar-refractivity contribution in [2.45, 2.75) is 6.92 Å². The molecule has 0 amide bonds. The van der Waals surface area contributed by atoms with Gasteiger partial charge >= 0.3 is 0 Å². The van der Waals surface area contributed by atoms with E-state index < -0.39 is 5.82 Å². The lowest BCUT2D eigenvalue weighted by Crippen LogP contribution is -2.20. The van der Waals surface area contributed by atoms with Crippen LogP contribution in [0.25, 0.3) is 16.6 Å². The average Bonchev–Trinajstić information content (AvgIpc) is 2.48. The van der Waals surface area contributed by atoms with Gasteiger partial charge in [-0.25, -0.2) is 9.37 Å². The third-order valence-electron chi connectivity index (χ3n) is 3.32. The number of rotatable bonds is 2. The first-order valence-corrected chi connectivity index (χ1v) is 6.84. The molecule has 1 heterocycles. The molecule has 0 N–H and O–H groups in total. The van der Waals surface area contributed by atoms with E-state index >= 15 is 0 Å². The summed E-state index contributed by atoms with van der Waals surface area (Å²) in [7, 11) is 0. The predicted octanol–water partition coefficient (Wildman–Crippen LogP) is 3.38. The maximum atomic E-state index is 13.0. The Morgan fingerprint density at radius 3 is 2.50 bits per heavy atom. The van der Waals surface area contributed by atoms with Gasteiger partial charge in [0.1, 0.15) is 5.82 Å². The van der Waals surface area contributed by atoms with Crippen LogP contribution in [0, 0.1) is 5.82 Å². The lowest BCUT2D eigenvalue weighted by molar-refractivity contribution is 0.101. The van der Waals surface area contributed by atoms with E-state index in [1.54, 1.807) is 6.07 Å². The van der Waals surface area contributed by atoms with Gasteiger partial charge in [-0.2, -0.15) is 0 Å². The summed E-state index contributed by atoms with van der Waals surface area (Å²) in [6.45, 7) is 1.43. The molecule has 0 radical (unpaired) electrons. The van der Waals surface area contributed by atoms with E-state index in [1.807, 2.05) is 0 Å². The van der Waals surface area contributed by atoms with E-state index in [0.29, 0.717) is 22.2 Å². The molecule has 110 valence electrons. The van der Waals surface area contributed by atoms with Crippen LogP contribution in [0.5, 0.6) is 0 Å². The van der Waals surface area contributed by atoms with Crippen molar-refractivity contribution in [3.8, 4) is 5.69 Å². The quantitative estimate of drug-likeness (QED) is 0.538. The lowest BCUT2D eigenvalue weighted by atomic mass is 10.1. The van der Waals surface area contributed by atoms with E-state index in [0.717, 1.165) is 0 Å². The summed E-state index contributed by atoms with van der Waals surface area (Å²) < 4.78 is 14.2. The molecule has 2 aromatic carbocycles. The zero-order valence-corrected chi connectivity index (χ0v) is 12.3. The smallest absolute Gasteiger partial charge is 0.266 e. The van der Waals surface area contributed by atoms with Crippen molar-refractivity contribution < 1.29 is 9.18 Å². The number of carbonyl (C=O) groups excluding carboxylic acids is 1. The summed E-state index contributed by atoms with van der Waals surface area (Å²) in [5.41, 5.74) is 0.842. The van der Waals surface area contributed by atoms with E-state index in [4.69, 9.17) is 11.6 Å². The van der Waals surface area contributed by atoms with Crippen molar-refractivity contribution in [3.63, 3.8) is 0 Å². The highest BCUT2D eigenvalue weighted by Crippen LogP contribution is 2.18. The second-order valence-corrected chi connectivity index (χ2v) is 5.12. The molecule has 3 rings (SSSR count). The van der Waals surface area contributed by atoms with Gasteiger partial charge in [-0.05, 0) is 54.9 Å². The fourth-order valence-corrected chi connectivity index (χ4v) is 2.46.